The standard InChI is InChI=1S/C11H15F3O4SSi/c1-17-8-6-5-7-9(10(8)20(2,3)4)18-19(15,16)11(12,13)14/h5-7H,1-4H3. The van der Waals surface area contributed by atoms with Crippen LogP contribution in [0.25, 0.3) is 0 Å². The molecule has 0 saturated carbocycles. The van der Waals surface area contributed by atoms with E-state index in [1.807, 2.05) is 19.6 Å². The Bertz CT molecular complexity index is 591. The minimum atomic E-state index is -5.69. The van der Waals surface area contributed by atoms with Crippen LogP contribution in [0.15, 0.2) is 18.2 Å². The molecule has 0 aliphatic heterocycles. The fraction of sp³-hybridized carbons (Fsp3) is 0.455. The summed E-state index contributed by atoms with van der Waals surface area (Å²) in [5.41, 5.74) is -5.47. The van der Waals surface area contributed by atoms with Crippen molar-refractivity contribution in [1.29, 1.82) is 0 Å². The average Bonchev–Trinajstić information content (AvgIpc) is 2.24. The molecule has 0 unspecified atom stereocenters. The van der Waals surface area contributed by atoms with Gasteiger partial charge in [0.1, 0.15) is 11.5 Å². The third kappa shape index (κ3) is 3.45. The maximum Gasteiger partial charge on any atom is 0.534 e. The molecule has 0 bridgehead atoms. The van der Waals surface area contributed by atoms with Gasteiger partial charge in [-0.3, -0.25) is 0 Å². The lowest BCUT2D eigenvalue weighted by molar-refractivity contribution is -0.0499. The number of ether oxygens (including phenoxy) is 1. The van der Waals surface area contributed by atoms with Crippen molar-refractivity contribution >= 4 is 23.4 Å². The SMILES string of the molecule is COc1cccc(OS(=O)(=O)C(F)(F)F)c1[Si](C)(C)C. The molecule has 1 rings (SSSR count). The highest BCUT2D eigenvalue weighted by molar-refractivity contribution is 7.88. The Balaban J connectivity index is 3.41. The molecule has 0 aliphatic rings. The van der Waals surface area contributed by atoms with E-state index in [0.29, 0.717) is 10.9 Å². The minimum absolute atomic E-state index is 0.319. The Morgan fingerprint density at radius 3 is 2.00 bits per heavy atom. The number of benzene rings is 1. The maximum absolute atomic E-state index is 12.4. The Morgan fingerprint density at radius 1 is 1.10 bits per heavy atom. The number of halogens is 3. The zero-order valence-corrected chi connectivity index (χ0v) is 13.2. The van der Waals surface area contributed by atoms with Gasteiger partial charge in [0.25, 0.3) is 0 Å². The van der Waals surface area contributed by atoms with Crippen LogP contribution in [-0.2, 0) is 10.1 Å². The molecule has 0 spiro atoms. The molecule has 1 aromatic rings. The molecule has 0 fully saturated rings. The van der Waals surface area contributed by atoms with E-state index in [4.69, 9.17) is 4.74 Å². The Hall–Kier alpha value is -1.22. The largest absolute Gasteiger partial charge is 0.534 e. The van der Waals surface area contributed by atoms with Crippen LogP contribution in [0.3, 0.4) is 0 Å². The lowest BCUT2D eigenvalue weighted by Crippen LogP contribution is -2.41. The predicted octanol–water partition coefficient (Wildman–Crippen LogP) is 2.47. The third-order valence-corrected chi connectivity index (χ3v) is 5.40. The van der Waals surface area contributed by atoms with Gasteiger partial charge in [-0.2, -0.15) is 21.6 Å². The number of hydrogen-bond donors (Lipinski definition) is 0. The van der Waals surface area contributed by atoms with Crippen molar-refractivity contribution in [2.75, 3.05) is 7.11 Å². The second-order valence-electron chi connectivity index (χ2n) is 5.07. The minimum Gasteiger partial charge on any atom is -0.497 e. The molecule has 0 amide bonds. The lowest BCUT2D eigenvalue weighted by atomic mass is 10.3. The molecule has 0 radical (unpaired) electrons. The summed E-state index contributed by atoms with van der Waals surface area (Å²) in [5, 5.41) is 0.385. The molecule has 0 heterocycles. The molecule has 114 valence electrons. The lowest BCUT2D eigenvalue weighted by Gasteiger charge is -2.23. The summed E-state index contributed by atoms with van der Waals surface area (Å²) in [6, 6.07) is 4.13. The summed E-state index contributed by atoms with van der Waals surface area (Å²) in [7, 11) is -6.51. The van der Waals surface area contributed by atoms with Crippen molar-refractivity contribution in [1.82, 2.24) is 0 Å². The van der Waals surface area contributed by atoms with Crippen LogP contribution in [-0.4, -0.2) is 29.1 Å². The molecule has 20 heavy (non-hydrogen) atoms. The van der Waals surface area contributed by atoms with E-state index < -0.39 is 23.7 Å². The van der Waals surface area contributed by atoms with E-state index in [0.717, 1.165) is 0 Å². The maximum atomic E-state index is 12.4. The highest BCUT2D eigenvalue weighted by Crippen LogP contribution is 2.29. The van der Waals surface area contributed by atoms with Crippen LogP contribution in [0.2, 0.25) is 19.6 Å². The van der Waals surface area contributed by atoms with Crippen molar-refractivity contribution < 1.29 is 30.5 Å². The van der Waals surface area contributed by atoms with Crippen LogP contribution in [0.4, 0.5) is 13.2 Å². The monoisotopic (exact) mass is 328 g/mol. The number of rotatable bonds is 4. The van der Waals surface area contributed by atoms with Crippen LogP contribution in [0.1, 0.15) is 0 Å². The van der Waals surface area contributed by atoms with E-state index in [2.05, 4.69) is 4.18 Å². The van der Waals surface area contributed by atoms with Gasteiger partial charge in [0, 0.05) is 5.19 Å². The Kier molecular flexibility index (Phi) is 4.45. The first-order valence-electron chi connectivity index (χ1n) is 5.58. The molecule has 0 N–H and O–H groups in total. The van der Waals surface area contributed by atoms with Gasteiger partial charge in [-0.1, -0.05) is 25.7 Å². The Labute approximate surface area is 116 Å². The summed E-state index contributed by atoms with van der Waals surface area (Å²) in [5.74, 6) is -0.0140. The zero-order chi connectivity index (χ0) is 15.8. The molecule has 0 aromatic heterocycles. The highest BCUT2D eigenvalue weighted by atomic mass is 32.2. The second kappa shape index (κ2) is 5.28. The van der Waals surface area contributed by atoms with E-state index in [9.17, 15) is 21.6 Å². The first kappa shape index (κ1) is 16.8. The van der Waals surface area contributed by atoms with Gasteiger partial charge in [0.2, 0.25) is 0 Å². The fourth-order valence-electron chi connectivity index (χ4n) is 1.66. The van der Waals surface area contributed by atoms with Crippen molar-refractivity contribution in [3.05, 3.63) is 18.2 Å². The van der Waals surface area contributed by atoms with Crippen molar-refractivity contribution in [2.45, 2.75) is 25.1 Å². The summed E-state index contributed by atoms with van der Waals surface area (Å²) < 4.78 is 68.8. The molecule has 0 saturated heterocycles. The van der Waals surface area contributed by atoms with E-state index in [-0.39, 0.29) is 5.75 Å². The van der Waals surface area contributed by atoms with Gasteiger partial charge < -0.3 is 8.92 Å². The summed E-state index contributed by atoms with van der Waals surface area (Å²) >= 11 is 0. The van der Waals surface area contributed by atoms with E-state index in [1.54, 1.807) is 6.07 Å². The quantitative estimate of drug-likeness (QED) is 0.484. The first-order chi connectivity index (χ1) is 8.90. The topological polar surface area (TPSA) is 52.6 Å². The van der Waals surface area contributed by atoms with Crippen LogP contribution < -0.4 is 14.1 Å². The molecule has 4 nitrogen and oxygen atoms in total. The normalized spacial score (nSPS) is 13.2. The van der Waals surface area contributed by atoms with E-state index in [1.165, 1.54) is 19.2 Å². The molecule has 1 aromatic carbocycles. The van der Waals surface area contributed by atoms with Gasteiger partial charge in [-0.25, -0.2) is 0 Å². The van der Waals surface area contributed by atoms with Crippen LogP contribution >= 0.6 is 0 Å². The van der Waals surface area contributed by atoms with Crippen LogP contribution in [0.5, 0.6) is 11.5 Å². The van der Waals surface area contributed by atoms with Crippen molar-refractivity contribution in [3.63, 3.8) is 0 Å². The zero-order valence-electron chi connectivity index (χ0n) is 11.4. The molecular formula is C11H15F3O4SSi. The second-order valence-corrected chi connectivity index (χ2v) is 11.6. The van der Waals surface area contributed by atoms with Gasteiger partial charge in [0.15, 0.2) is 0 Å². The van der Waals surface area contributed by atoms with Gasteiger partial charge >= 0.3 is 15.6 Å². The summed E-state index contributed by atoms with van der Waals surface area (Å²) in [6.07, 6.45) is 0. The molecule has 9 heteroatoms. The smallest absolute Gasteiger partial charge is 0.497 e. The van der Waals surface area contributed by atoms with Gasteiger partial charge in [-0.15, -0.1) is 0 Å². The van der Waals surface area contributed by atoms with Crippen molar-refractivity contribution in [2.24, 2.45) is 0 Å². The number of alkyl halides is 3. The first-order valence-corrected chi connectivity index (χ1v) is 10.5. The summed E-state index contributed by atoms with van der Waals surface area (Å²) in [6.45, 7) is 5.54. The fourth-order valence-corrected chi connectivity index (χ4v) is 4.00. The highest BCUT2D eigenvalue weighted by Gasteiger charge is 2.49. The van der Waals surface area contributed by atoms with Crippen LogP contribution in [0, 0.1) is 0 Å². The third-order valence-electron chi connectivity index (χ3n) is 2.44. The molecule has 0 atom stereocenters. The molecular weight excluding hydrogens is 313 g/mol. The predicted molar refractivity (Wildman–Crippen MR) is 71.6 cm³/mol. The van der Waals surface area contributed by atoms with Gasteiger partial charge in [0.05, 0.1) is 15.2 Å². The number of hydrogen-bond acceptors (Lipinski definition) is 4. The summed E-state index contributed by atoms with van der Waals surface area (Å²) in [4.78, 5) is 0. The molecule has 0 aliphatic carbocycles. The van der Waals surface area contributed by atoms with Crippen molar-refractivity contribution in [3.8, 4) is 11.5 Å². The number of methoxy groups -OCH3 is 1. The Morgan fingerprint density at radius 2 is 1.60 bits per heavy atom. The van der Waals surface area contributed by atoms with Gasteiger partial charge in [-0.05, 0) is 12.1 Å². The average molecular weight is 328 g/mol. The van der Waals surface area contributed by atoms with E-state index >= 15 is 0 Å².